The lowest BCUT2D eigenvalue weighted by Crippen LogP contribution is -2.22. The largest absolute Gasteiger partial charge is 0.399 e. The molecule has 1 aromatic carbocycles. The molecule has 5 nitrogen and oxygen atoms in total. The van der Waals surface area contributed by atoms with Gasteiger partial charge < -0.3 is 5.73 Å². The number of hydrogen-bond donors (Lipinski definition) is 1. The van der Waals surface area contributed by atoms with Crippen LogP contribution in [-0.4, -0.2) is 33.6 Å². The van der Waals surface area contributed by atoms with Gasteiger partial charge in [0, 0.05) is 5.69 Å². The predicted octanol–water partition coefficient (Wildman–Crippen LogP) is 0.538. The minimum Gasteiger partial charge on any atom is -0.399 e. The topological polar surface area (TPSA) is 94.3 Å². The Labute approximate surface area is 107 Å². The first-order valence-corrected chi connectivity index (χ1v) is 8.89. The molecule has 0 spiro atoms. The Morgan fingerprint density at radius 2 is 2.00 bits per heavy atom. The number of hydrogen-bond acceptors (Lipinski definition) is 5. The number of aryl methyl sites for hydroxylation is 1. The summed E-state index contributed by atoms with van der Waals surface area (Å²) in [6, 6.07) is 4.46. The average molecular weight is 289 g/mol. The number of nitrogens with two attached hydrogens (primary N) is 1. The molecule has 100 valence electrons. The average Bonchev–Trinajstić information content (AvgIpc) is 2.63. The van der Waals surface area contributed by atoms with Gasteiger partial charge in [-0.1, -0.05) is 0 Å². The Morgan fingerprint density at radius 3 is 2.50 bits per heavy atom. The molecule has 0 aromatic heterocycles. The maximum absolute atomic E-state index is 12.3. The van der Waals surface area contributed by atoms with Crippen molar-refractivity contribution >= 4 is 25.4 Å². The Balaban J connectivity index is 2.40. The van der Waals surface area contributed by atoms with E-state index in [9.17, 15) is 16.8 Å². The Kier molecular flexibility index (Phi) is 3.14. The fourth-order valence-corrected chi connectivity index (χ4v) is 6.47. The second-order valence-corrected chi connectivity index (χ2v) is 9.05. The fourth-order valence-electron chi connectivity index (χ4n) is 2.02. The van der Waals surface area contributed by atoms with Crippen molar-refractivity contribution in [2.24, 2.45) is 0 Å². The van der Waals surface area contributed by atoms with Gasteiger partial charge in [0.15, 0.2) is 19.7 Å². The fraction of sp³-hybridized carbons (Fsp3) is 0.455. The summed E-state index contributed by atoms with van der Waals surface area (Å²) in [5, 5.41) is -0.828. The zero-order chi connectivity index (χ0) is 13.6. The second-order valence-electron chi connectivity index (χ2n) is 4.59. The molecule has 18 heavy (non-hydrogen) atoms. The molecule has 1 unspecified atom stereocenters. The van der Waals surface area contributed by atoms with Crippen LogP contribution < -0.4 is 5.73 Å². The molecule has 0 aliphatic carbocycles. The van der Waals surface area contributed by atoms with Crippen molar-refractivity contribution in [3.8, 4) is 0 Å². The van der Waals surface area contributed by atoms with Gasteiger partial charge in [-0.2, -0.15) is 0 Å². The van der Waals surface area contributed by atoms with Gasteiger partial charge in [-0.15, -0.1) is 0 Å². The van der Waals surface area contributed by atoms with Gasteiger partial charge in [0.1, 0.15) is 0 Å². The highest BCUT2D eigenvalue weighted by Crippen LogP contribution is 2.27. The van der Waals surface area contributed by atoms with Gasteiger partial charge >= 0.3 is 0 Å². The quantitative estimate of drug-likeness (QED) is 0.802. The normalized spacial score (nSPS) is 23.1. The molecule has 1 aliphatic heterocycles. The molecule has 2 rings (SSSR count). The summed E-state index contributed by atoms with van der Waals surface area (Å²) in [4.78, 5) is 0.149. The Hall–Kier alpha value is -1.08. The van der Waals surface area contributed by atoms with E-state index in [2.05, 4.69) is 0 Å². The van der Waals surface area contributed by atoms with E-state index >= 15 is 0 Å². The Bertz CT molecular complexity index is 677. The molecule has 1 aromatic rings. The third-order valence-corrected chi connectivity index (χ3v) is 7.37. The van der Waals surface area contributed by atoms with Crippen LogP contribution in [0.1, 0.15) is 12.0 Å². The number of sulfone groups is 2. The van der Waals surface area contributed by atoms with E-state index < -0.39 is 24.9 Å². The minimum absolute atomic E-state index is 0.0507. The molecule has 0 amide bonds. The van der Waals surface area contributed by atoms with E-state index in [1.165, 1.54) is 18.2 Å². The maximum Gasteiger partial charge on any atom is 0.182 e. The third-order valence-electron chi connectivity index (χ3n) is 3.20. The van der Waals surface area contributed by atoms with Crippen LogP contribution in [0.25, 0.3) is 0 Å². The van der Waals surface area contributed by atoms with Crippen molar-refractivity contribution in [2.45, 2.75) is 23.5 Å². The zero-order valence-corrected chi connectivity index (χ0v) is 11.6. The van der Waals surface area contributed by atoms with Crippen LogP contribution in [-0.2, 0) is 19.7 Å². The molecule has 0 radical (unpaired) electrons. The molecule has 1 aliphatic rings. The first-order valence-electron chi connectivity index (χ1n) is 5.53. The van der Waals surface area contributed by atoms with E-state index in [0.717, 1.165) is 0 Å². The molecule has 0 bridgehead atoms. The number of nitrogen functional groups attached to an aromatic ring is 1. The Morgan fingerprint density at radius 1 is 1.33 bits per heavy atom. The van der Waals surface area contributed by atoms with E-state index in [1.807, 2.05) is 0 Å². The molecule has 1 atom stereocenters. The molecular weight excluding hydrogens is 274 g/mol. The summed E-state index contributed by atoms with van der Waals surface area (Å²) in [7, 11) is -6.79. The zero-order valence-electron chi connectivity index (χ0n) is 9.96. The smallest absolute Gasteiger partial charge is 0.182 e. The van der Waals surface area contributed by atoms with Gasteiger partial charge in [0.05, 0.1) is 21.7 Å². The highest BCUT2D eigenvalue weighted by Gasteiger charge is 2.38. The first-order chi connectivity index (χ1) is 8.22. The maximum atomic E-state index is 12.3. The van der Waals surface area contributed by atoms with Crippen molar-refractivity contribution in [3.63, 3.8) is 0 Å². The van der Waals surface area contributed by atoms with Crippen molar-refractivity contribution in [1.29, 1.82) is 0 Å². The summed E-state index contributed by atoms with van der Waals surface area (Å²) in [5.74, 6) is -0.330. The molecule has 1 saturated heterocycles. The van der Waals surface area contributed by atoms with Gasteiger partial charge in [-0.05, 0) is 37.1 Å². The number of rotatable bonds is 2. The predicted molar refractivity (Wildman–Crippen MR) is 69.8 cm³/mol. The molecule has 2 N–H and O–H groups in total. The van der Waals surface area contributed by atoms with Crippen molar-refractivity contribution < 1.29 is 16.8 Å². The summed E-state index contributed by atoms with van der Waals surface area (Å²) < 4.78 is 47.3. The van der Waals surface area contributed by atoms with Crippen molar-refractivity contribution in [2.75, 3.05) is 17.2 Å². The molecule has 0 saturated carbocycles. The van der Waals surface area contributed by atoms with Crippen LogP contribution in [0.3, 0.4) is 0 Å². The van der Waals surface area contributed by atoms with Crippen LogP contribution in [0.2, 0.25) is 0 Å². The van der Waals surface area contributed by atoms with Gasteiger partial charge in [-0.3, -0.25) is 0 Å². The summed E-state index contributed by atoms with van der Waals surface area (Å²) in [6.07, 6.45) is 0.175. The summed E-state index contributed by atoms with van der Waals surface area (Å²) in [6.45, 7) is 1.72. The number of anilines is 1. The van der Waals surface area contributed by atoms with E-state index in [4.69, 9.17) is 5.73 Å². The van der Waals surface area contributed by atoms with Crippen LogP contribution in [0.4, 0.5) is 5.69 Å². The lowest BCUT2D eigenvalue weighted by Gasteiger charge is -2.11. The highest BCUT2D eigenvalue weighted by atomic mass is 32.2. The van der Waals surface area contributed by atoms with E-state index in [0.29, 0.717) is 11.3 Å². The van der Waals surface area contributed by atoms with E-state index in [1.54, 1.807) is 6.92 Å². The van der Waals surface area contributed by atoms with Crippen LogP contribution in [0.15, 0.2) is 23.1 Å². The van der Waals surface area contributed by atoms with Crippen LogP contribution in [0.5, 0.6) is 0 Å². The summed E-state index contributed by atoms with van der Waals surface area (Å²) >= 11 is 0. The van der Waals surface area contributed by atoms with Crippen molar-refractivity contribution in [3.05, 3.63) is 23.8 Å². The van der Waals surface area contributed by atoms with Crippen LogP contribution >= 0.6 is 0 Å². The van der Waals surface area contributed by atoms with Crippen LogP contribution in [0, 0.1) is 6.92 Å². The highest BCUT2D eigenvalue weighted by molar-refractivity contribution is 7.96. The SMILES string of the molecule is Cc1cc(S(=O)(=O)C2CCS(=O)(=O)C2)ccc1N. The first kappa shape index (κ1) is 13.4. The lowest BCUT2D eigenvalue weighted by atomic mass is 10.2. The van der Waals surface area contributed by atoms with Gasteiger partial charge in [0.25, 0.3) is 0 Å². The van der Waals surface area contributed by atoms with E-state index in [-0.39, 0.29) is 22.8 Å². The molecule has 7 heteroatoms. The molecular formula is C11H15NO4S2. The molecule has 1 heterocycles. The minimum atomic E-state index is -3.58. The molecule has 1 fully saturated rings. The monoisotopic (exact) mass is 289 g/mol. The standard InChI is InChI=1S/C11H15NO4S2/c1-8-6-9(2-3-11(8)12)18(15,16)10-4-5-17(13,14)7-10/h2-3,6,10H,4-5,7,12H2,1H3. The third kappa shape index (κ3) is 2.37. The van der Waals surface area contributed by atoms with Gasteiger partial charge in [0.2, 0.25) is 0 Å². The second kappa shape index (κ2) is 4.24. The van der Waals surface area contributed by atoms with Crippen molar-refractivity contribution in [1.82, 2.24) is 0 Å². The summed E-state index contributed by atoms with van der Waals surface area (Å²) in [5.41, 5.74) is 6.84. The lowest BCUT2D eigenvalue weighted by molar-refractivity contribution is 0.582. The van der Waals surface area contributed by atoms with Gasteiger partial charge in [-0.25, -0.2) is 16.8 Å². The number of benzene rings is 1.